The SMILES string of the molecule is C/C=C(\C)OC(=O)Nc1ccc(C(c2ccc(Cl)cc2)(n2cc(Cl)cn2)C(F)(F)F)cc1. The van der Waals surface area contributed by atoms with Crippen molar-refractivity contribution >= 4 is 35.0 Å². The predicted octanol–water partition coefficient (Wildman–Crippen LogP) is 7.02. The third kappa shape index (κ3) is 4.61. The third-order valence-corrected chi connectivity index (χ3v) is 5.22. The zero-order chi connectivity index (χ0) is 23.5. The average molecular weight is 484 g/mol. The van der Waals surface area contributed by atoms with Crippen molar-refractivity contribution in [3.63, 3.8) is 0 Å². The Balaban J connectivity index is 2.12. The van der Waals surface area contributed by atoms with Gasteiger partial charge in [0, 0.05) is 16.9 Å². The number of amides is 1. The molecule has 1 amide bonds. The highest BCUT2D eigenvalue weighted by Gasteiger charge is 2.59. The minimum atomic E-state index is -4.81. The molecule has 1 heterocycles. The molecule has 0 aliphatic heterocycles. The average Bonchev–Trinajstić information content (AvgIpc) is 3.16. The van der Waals surface area contributed by atoms with Gasteiger partial charge in [-0.1, -0.05) is 47.5 Å². The first kappa shape index (κ1) is 23.7. The van der Waals surface area contributed by atoms with Gasteiger partial charge in [-0.25, -0.2) is 9.48 Å². The Bertz CT molecular complexity index is 1130. The molecule has 32 heavy (non-hydrogen) atoms. The van der Waals surface area contributed by atoms with E-state index in [4.69, 9.17) is 27.9 Å². The van der Waals surface area contributed by atoms with Crippen LogP contribution in [0.2, 0.25) is 10.0 Å². The van der Waals surface area contributed by atoms with Crippen molar-refractivity contribution in [3.05, 3.63) is 93.9 Å². The van der Waals surface area contributed by atoms with Gasteiger partial charge in [-0.15, -0.1) is 0 Å². The molecular weight excluding hydrogens is 466 g/mol. The summed E-state index contributed by atoms with van der Waals surface area (Å²) in [6.45, 7) is 3.30. The van der Waals surface area contributed by atoms with Crippen molar-refractivity contribution in [2.45, 2.75) is 25.6 Å². The van der Waals surface area contributed by atoms with E-state index < -0.39 is 17.8 Å². The van der Waals surface area contributed by atoms with Gasteiger partial charge < -0.3 is 4.74 Å². The molecule has 0 fully saturated rings. The number of hydrogen-bond donors (Lipinski definition) is 1. The van der Waals surface area contributed by atoms with E-state index in [1.54, 1.807) is 19.9 Å². The van der Waals surface area contributed by atoms with Crippen LogP contribution in [0.5, 0.6) is 0 Å². The highest BCUT2D eigenvalue weighted by Crippen LogP contribution is 2.47. The molecule has 0 aliphatic carbocycles. The van der Waals surface area contributed by atoms with E-state index in [2.05, 4.69) is 10.4 Å². The van der Waals surface area contributed by atoms with Gasteiger partial charge in [0.2, 0.25) is 5.54 Å². The third-order valence-electron chi connectivity index (χ3n) is 4.78. The molecule has 1 N–H and O–H groups in total. The van der Waals surface area contributed by atoms with Crippen LogP contribution < -0.4 is 5.32 Å². The number of rotatable bonds is 5. The number of halogens is 5. The summed E-state index contributed by atoms with van der Waals surface area (Å²) in [7, 11) is 0. The van der Waals surface area contributed by atoms with Crippen molar-refractivity contribution < 1.29 is 22.7 Å². The highest BCUT2D eigenvalue weighted by atomic mass is 35.5. The number of alkyl halides is 3. The van der Waals surface area contributed by atoms with Crippen molar-refractivity contribution in [3.8, 4) is 0 Å². The number of aromatic nitrogens is 2. The number of benzene rings is 2. The summed E-state index contributed by atoms with van der Waals surface area (Å²) in [6, 6.07) is 10.5. The van der Waals surface area contributed by atoms with Crippen molar-refractivity contribution in [2.75, 3.05) is 5.32 Å². The molecule has 0 radical (unpaired) electrons. The maximum Gasteiger partial charge on any atom is 0.422 e. The summed E-state index contributed by atoms with van der Waals surface area (Å²) >= 11 is 11.8. The number of carbonyl (C=O) groups excluding carboxylic acids is 1. The fraction of sp³-hybridized carbons (Fsp3) is 0.182. The van der Waals surface area contributed by atoms with E-state index >= 15 is 0 Å². The minimum absolute atomic E-state index is 0.0490. The van der Waals surface area contributed by atoms with Crippen LogP contribution >= 0.6 is 23.2 Å². The van der Waals surface area contributed by atoms with Gasteiger partial charge in [0.15, 0.2) is 0 Å². The normalized spacial score (nSPS) is 14.0. The second-order valence-corrected chi connectivity index (χ2v) is 7.68. The van der Waals surface area contributed by atoms with Crippen LogP contribution in [0.25, 0.3) is 0 Å². The quantitative estimate of drug-likeness (QED) is 0.396. The second-order valence-electron chi connectivity index (χ2n) is 6.81. The predicted molar refractivity (Wildman–Crippen MR) is 117 cm³/mol. The van der Waals surface area contributed by atoms with Crippen molar-refractivity contribution in [1.29, 1.82) is 0 Å². The van der Waals surface area contributed by atoms with E-state index in [1.807, 2.05) is 0 Å². The molecule has 1 aromatic heterocycles. The van der Waals surface area contributed by atoms with E-state index in [0.29, 0.717) is 5.76 Å². The fourth-order valence-corrected chi connectivity index (χ4v) is 3.47. The van der Waals surface area contributed by atoms with Gasteiger partial charge in [0.1, 0.15) is 5.76 Å². The minimum Gasteiger partial charge on any atom is -0.415 e. The lowest BCUT2D eigenvalue weighted by Gasteiger charge is -2.37. The molecule has 0 aliphatic rings. The van der Waals surface area contributed by atoms with Crippen LogP contribution in [0.3, 0.4) is 0 Å². The van der Waals surface area contributed by atoms with Gasteiger partial charge in [0.25, 0.3) is 0 Å². The Hall–Kier alpha value is -2.97. The largest absolute Gasteiger partial charge is 0.422 e. The van der Waals surface area contributed by atoms with Gasteiger partial charge in [-0.3, -0.25) is 5.32 Å². The van der Waals surface area contributed by atoms with Crippen LogP contribution in [0, 0.1) is 0 Å². The zero-order valence-corrected chi connectivity index (χ0v) is 18.5. The van der Waals surface area contributed by atoms with Gasteiger partial charge >= 0.3 is 12.3 Å². The maximum absolute atomic E-state index is 14.8. The van der Waals surface area contributed by atoms with E-state index in [0.717, 1.165) is 17.1 Å². The Labute approximate surface area is 192 Å². The van der Waals surface area contributed by atoms with Crippen molar-refractivity contribution in [2.24, 2.45) is 0 Å². The number of carbonyl (C=O) groups is 1. The zero-order valence-electron chi connectivity index (χ0n) is 17.0. The van der Waals surface area contributed by atoms with Crippen LogP contribution in [-0.4, -0.2) is 22.1 Å². The Morgan fingerprint density at radius 1 is 1.03 bits per heavy atom. The highest BCUT2D eigenvalue weighted by molar-refractivity contribution is 6.30. The number of nitrogens with one attached hydrogen (secondary N) is 1. The topological polar surface area (TPSA) is 56.1 Å². The number of hydrogen-bond acceptors (Lipinski definition) is 3. The molecule has 5 nitrogen and oxygen atoms in total. The summed E-state index contributed by atoms with van der Waals surface area (Å²) in [6.07, 6.45) is -1.73. The fourth-order valence-electron chi connectivity index (χ4n) is 3.21. The van der Waals surface area contributed by atoms with Gasteiger partial charge in [-0.05, 0) is 55.3 Å². The lowest BCUT2D eigenvalue weighted by Crippen LogP contribution is -2.50. The van der Waals surface area contributed by atoms with E-state index in [-0.39, 0.29) is 26.9 Å². The van der Waals surface area contributed by atoms with Gasteiger partial charge in [-0.2, -0.15) is 18.3 Å². The van der Waals surface area contributed by atoms with E-state index in [9.17, 15) is 18.0 Å². The Morgan fingerprint density at radius 2 is 1.59 bits per heavy atom. The van der Waals surface area contributed by atoms with Crippen LogP contribution in [0.15, 0.2) is 72.8 Å². The number of anilines is 1. The number of nitrogens with zero attached hydrogens (tertiary/aromatic N) is 2. The first-order valence-electron chi connectivity index (χ1n) is 9.33. The summed E-state index contributed by atoms with van der Waals surface area (Å²) in [5.41, 5.74) is -2.69. The van der Waals surface area contributed by atoms with Crippen molar-refractivity contribution in [1.82, 2.24) is 9.78 Å². The summed E-state index contributed by atoms with van der Waals surface area (Å²) in [5, 5.41) is 6.69. The summed E-state index contributed by atoms with van der Waals surface area (Å²) in [5.74, 6) is 0.383. The molecule has 1 unspecified atom stereocenters. The molecule has 0 saturated heterocycles. The summed E-state index contributed by atoms with van der Waals surface area (Å²) < 4.78 is 50.2. The molecule has 3 aromatic rings. The number of ether oxygens (including phenoxy) is 1. The van der Waals surface area contributed by atoms with Crippen LogP contribution in [-0.2, 0) is 10.3 Å². The monoisotopic (exact) mass is 483 g/mol. The molecule has 0 spiro atoms. The first-order chi connectivity index (χ1) is 15.1. The second kappa shape index (κ2) is 9.26. The Kier molecular flexibility index (Phi) is 6.85. The standard InChI is InChI=1S/C22H18Cl2F3N3O2/c1-3-14(2)32-20(31)29-19-10-6-16(7-11-19)21(22(25,26)27,30-13-18(24)12-28-30)15-4-8-17(23)9-5-15/h3-13H,1-2H3,(H,29,31)/b14-3+. The van der Waals surface area contributed by atoms with Crippen LogP contribution in [0.1, 0.15) is 25.0 Å². The lowest BCUT2D eigenvalue weighted by molar-refractivity contribution is -0.189. The lowest BCUT2D eigenvalue weighted by atomic mass is 9.82. The molecule has 3 rings (SSSR count). The molecule has 10 heteroatoms. The van der Waals surface area contributed by atoms with Gasteiger partial charge in [0.05, 0.1) is 11.2 Å². The smallest absolute Gasteiger partial charge is 0.415 e. The Morgan fingerprint density at radius 3 is 2.06 bits per heavy atom. The molecule has 2 aromatic carbocycles. The molecule has 0 saturated carbocycles. The van der Waals surface area contributed by atoms with Crippen LogP contribution in [0.4, 0.5) is 23.7 Å². The van der Waals surface area contributed by atoms with E-state index in [1.165, 1.54) is 48.5 Å². The first-order valence-corrected chi connectivity index (χ1v) is 10.1. The molecule has 0 bridgehead atoms. The maximum atomic E-state index is 14.8. The summed E-state index contributed by atoms with van der Waals surface area (Å²) in [4.78, 5) is 11.9. The molecule has 168 valence electrons. The molecule has 1 atom stereocenters. The number of allylic oxidation sites excluding steroid dienone is 2. The molecular formula is C22H18Cl2F3N3O2.